The predicted molar refractivity (Wildman–Crippen MR) is 88.2 cm³/mol. The van der Waals surface area contributed by atoms with E-state index in [1.165, 1.54) is 34.1 Å². The summed E-state index contributed by atoms with van der Waals surface area (Å²) in [4.78, 5) is 18.9. The van der Waals surface area contributed by atoms with Gasteiger partial charge in [0.25, 0.3) is 5.56 Å². The maximum atomic E-state index is 13.0. The molecule has 5 nitrogen and oxygen atoms in total. The average Bonchev–Trinajstić information content (AvgIpc) is 2.90. The summed E-state index contributed by atoms with van der Waals surface area (Å²) >= 11 is 1.41. The van der Waals surface area contributed by atoms with E-state index in [2.05, 4.69) is 21.9 Å². The Kier molecular flexibility index (Phi) is 4.23. The van der Waals surface area contributed by atoms with Crippen molar-refractivity contribution in [2.75, 3.05) is 7.05 Å². The molecule has 0 aliphatic carbocycles. The van der Waals surface area contributed by atoms with Crippen LogP contribution in [-0.4, -0.2) is 26.5 Å². The SMILES string of the molecule is Cc1cc(=O)n2nc(CN(C)C(C)c3ccc(F)cc3)sc2n1. The third-order valence-corrected chi connectivity index (χ3v) is 4.71. The van der Waals surface area contributed by atoms with Gasteiger partial charge in [0.15, 0.2) is 0 Å². The minimum atomic E-state index is -0.240. The molecule has 1 atom stereocenters. The van der Waals surface area contributed by atoms with E-state index in [1.807, 2.05) is 7.05 Å². The Morgan fingerprint density at radius 3 is 2.74 bits per heavy atom. The fourth-order valence-corrected chi connectivity index (χ4v) is 3.38. The van der Waals surface area contributed by atoms with Crippen LogP contribution in [0.4, 0.5) is 4.39 Å². The molecule has 2 heterocycles. The summed E-state index contributed by atoms with van der Waals surface area (Å²) in [6.07, 6.45) is 0. The van der Waals surface area contributed by atoms with Crippen molar-refractivity contribution in [2.24, 2.45) is 0 Å². The standard InChI is InChI=1S/C16H17FN4OS/c1-10-8-15(22)21-16(18-10)23-14(19-21)9-20(3)11(2)12-4-6-13(17)7-5-12/h4-8,11H,9H2,1-3H3. The Balaban J connectivity index is 1.82. The van der Waals surface area contributed by atoms with Crippen molar-refractivity contribution in [1.29, 1.82) is 0 Å². The highest BCUT2D eigenvalue weighted by Crippen LogP contribution is 2.22. The lowest BCUT2D eigenvalue weighted by atomic mass is 10.1. The molecule has 0 aliphatic heterocycles. The summed E-state index contributed by atoms with van der Waals surface area (Å²) in [7, 11) is 1.97. The summed E-state index contributed by atoms with van der Waals surface area (Å²) < 4.78 is 14.4. The normalized spacial score (nSPS) is 12.9. The van der Waals surface area contributed by atoms with Crippen molar-refractivity contribution in [3.05, 3.63) is 62.8 Å². The molecule has 1 aromatic carbocycles. The predicted octanol–water partition coefficient (Wildman–Crippen LogP) is 2.79. The molecule has 0 aliphatic rings. The van der Waals surface area contributed by atoms with E-state index in [0.717, 1.165) is 10.6 Å². The van der Waals surface area contributed by atoms with Crippen LogP contribution < -0.4 is 5.56 Å². The number of halogens is 1. The van der Waals surface area contributed by atoms with E-state index in [-0.39, 0.29) is 17.4 Å². The maximum absolute atomic E-state index is 13.0. The van der Waals surface area contributed by atoms with Crippen molar-refractivity contribution >= 4 is 16.3 Å². The van der Waals surface area contributed by atoms with E-state index in [4.69, 9.17) is 0 Å². The van der Waals surface area contributed by atoms with Crippen LogP contribution in [0.25, 0.3) is 4.96 Å². The fraction of sp³-hybridized carbons (Fsp3) is 0.312. The van der Waals surface area contributed by atoms with Gasteiger partial charge in [0.05, 0.1) is 6.54 Å². The molecule has 0 amide bonds. The lowest BCUT2D eigenvalue weighted by Gasteiger charge is -2.23. The van der Waals surface area contributed by atoms with Crippen molar-refractivity contribution < 1.29 is 4.39 Å². The zero-order chi connectivity index (χ0) is 16.6. The molecular weight excluding hydrogens is 315 g/mol. The van der Waals surface area contributed by atoms with Gasteiger partial charge in [-0.15, -0.1) is 0 Å². The molecular formula is C16H17FN4OS. The summed E-state index contributed by atoms with van der Waals surface area (Å²) in [6, 6.07) is 8.07. The first-order valence-corrected chi connectivity index (χ1v) is 8.08. The van der Waals surface area contributed by atoms with Gasteiger partial charge >= 0.3 is 0 Å². The molecule has 1 unspecified atom stereocenters. The van der Waals surface area contributed by atoms with Crippen molar-refractivity contribution in [1.82, 2.24) is 19.5 Å². The number of nitrogens with zero attached hydrogens (tertiary/aromatic N) is 4. The fourth-order valence-electron chi connectivity index (χ4n) is 2.37. The lowest BCUT2D eigenvalue weighted by Crippen LogP contribution is -2.22. The summed E-state index contributed by atoms with van der Waals surface area (Å²) in [5.41, 5.74) is 1.56. The lowest BCUT2D eigenvalue weighted by molar-refractivity contribution is 0.252. The third-order valence-electron chi connectivity index (χ3n) is 3.81. The van der Waals surface area contributed by atoms with Crippen molar-refractivity contribution in [3.63, 3.8) is 0 Å². The second-order valence-electron chi connectivity index (χ2n) is 5.57. The Hall–Kier alpha value is -2.12. The molecule has 0 radical (unpaired) electrons. The molecule has 0 spiro atoms. The second-order valence-corrected chi connectivity index (χ2v) is 6.61. The first-order chi connectivity index (χ1) is 10.9. The third kappa shape index (κ3) is 3.30. The van der Waals surface area contributed by atoms with Crippen LogP contribution in [0, 0.1) is 12.7 Å². The van der Waals surface area contributed by atoms with E-state index < -0.39 is 0 Å². The molecule has 0 N–H and O–H groups in total. The van der Waals surface area contributed by atoms with Gasteiger partial charge < -0.3 is 0 Å². The van der Waals surface area contributed by atoms with E-state index >= 15 is 0 Å². The van der Waals surface area contributed by atoms with Crippen LogP contribution in [0.2, 0.25) is 0 Å². The van der Waals surface area contributed by atoms with Gasteiger partial charge in [-0.3, -0.25) is 9.69 Å². The van der Waals surface area contributed by atoms with Gasteiger partial charge in [0.1, 0.15) is 10.8 Å². The van der Waals surface area contributed by atoms with Crippen LogP contribution in [-0.2, 0) is 6.54 Å². The number of aromatic nitrogens is 3. The Morgan fingerprint density at radius 2 is 2.04 bits per heavy atom. The number of rotatable bonds is 4. The number of aryl methyl sites for hydroxylation is 1. The van der Waals surface area contributed by atoms with Crippen molar-refractivity contribution in [3.8, 4) is 0 Å². The van der Waals surface area contributed by atoms with Crippen LogP contribution in [0.1, 0.15) is 29.2 Å². The van der Waals surface area contributed by atoms with E-state index in [9.17, 15) is 9.18 Å². The van der Waals surface area contributed by atoms with Crippen LogP contribution >= 0.6 is 11.3 Å². The first-order valence-electron chi connectivity index (χ1n) is 7.26. The number of hydrogen-bond acceptors (Lipinski definition) is 5. The average molecular weight is 332 g/mol. The zero-order valence-electron chi connectivity index (χ0n) is 13.2. The minimum Gasteiger partial charge on any atom is -0.293 e. The van der Waals surface area contributed by atoms with Gasteiger partial charge in [-0.25, -0.2) is 9.37 Å². The zero-order valence-corrected chi connectivity index (χ0v) is 14.0. The van der Waals surface area contributed by atoms with E-state index in [0.29, 0.717) is 17.2 Å². The topological polar surface area (TPSA) is 50.5 Å². The van der Waals surface area contributed by atoms with Crippen LogP contribution in [0.5, 0.6) is 0 Å². The molecule has 2 aromatic heterocycles. The number of benzene rings is 1. The maximum Gasteiger partial charge on any atom is 0.275 e. The van der Waals surface area contributed by atoms with Crippen LogP contribution in [0.15, 0.2) is 35.1 Å². The van der Waals surface area contributed by atoms with E-state index in [1.54, 1.807) is 19.1 Å². The molecule has 0 saturated carbocycles. The Bertz CT molecular complexity index is 887. The smallest absolute Gasteiger partial charge is 0.275 e. The van der Waals surface area contributed by atoms with Gasteiger partial charge in [-0.1, -0.05) is 23.5 Å². The highest BCUT2D eigenvalue weighted by Gasteiger charge is 2.15. The summed E-state index contributed by atoms with van der Waals surface area (Å²) in [5, 5.41) is 5.16. The summed E-state index contributed by atoms with van der Waals surface area (Å²) in [5.74, 6) is -0.240. The number of fused-ring (bicyclic) bond motifs is 1. The Morgan fingerprint density at radius 1 is 1.35 bits per heavy atom. The molecule has 120 valence electrons. The highest BCUT2D eigenvalue weighted by molar-refractivity contribution is 7.16. The van der Waals surface area contributed by atoms with Crippen molar-refractivity contribution in [2.45, 2.75) is 26.4 Å². The minimum absolute atomic E-state index is 0.106. The van der Waals surface area contributed by atoms with Crippen LogP contribution in [0.3, 0.4) is 0 Å². The Labute approximate surface area is 137 Å². The highest BCUT2D eigenvalue weighted by atomic mass is 32.1. The van der Waals surface area contributed by atoms with Gasteiger partial charge in [-0.2, -0.15) is 9.61 Å². The van der Waals surface area contributed by atoms with Gasteiger partial charge in [0.2, 0.25) is 4.96 Å². The molecule has 7 heteroatoms. The molecule has 0 saturated heterocycles. The molecule has 3 rings (SSSR count). The van der Waals surface area contributed by atoms with Gasteiger partial charge in [0, 0.05) is 17.8 Å². The first kappa shape index (κ1) is 15.8. The monoisotopic (exact) mass is 332 g/mol. The number of hydrogen-bond donors (Lipinski definition) is 0. The molecule has 0 fully saturated rings. The quantitative estimate of drug-likeness (QED) is 0.737. The largest absolute Gasteiger partial charge is 0.293 e. The van der Waals surface area contributed by atoms with Gasteiger partial charge in [-0.05, 0) is 38.6 Å². The molecule has 3 aromatic rings. The molecule has 0 bridgehead atoms. The molecule has 23 heavy (non-hydrogen) atoms. The summed E-state index contributed by atoms with van der Waals surface area (Å²) in [6.45, 7) is 4.43. The second kappa shape index (κ2) is 6.17.